The Kier molecular flexibility index (Phi) is 4.87. The Morgan fingerprint density at radius 2 is 2.05 bits per heavy atom. The molecule has 1 heterocycles. The average molecular weight is 304 g/mol. The molecule has 8 heteroatoms. The number of aromatic nitrogens is 2. The molecule has 1 aromatic rings. The average Bonchev–Trinajstić information content (AvgIpc) is 2.39. The second kappa shape index (κ2) is 6.46. The van der Waals surface area contributed by atoms with Crippen molar-refractivity contribution in [3.05, 3.63) is 11.8 Å². The molecule has 2 N–H and O–H groups in total. The van der Waals surface area contributed by atoms with Gasteiger partial charge in [0, 0.05) is 25.8 Å². The Bertz CT molecular complexity index is 475. The van der Waals surface area contributed by atoms with Crippen LogP contribution in [0.25, 0.3) is 0 Å². The molecule has 5 nitrogen and oxygen atoms in total. The molecule has 1 saturated carbocycles. The Balaban J connectivity index is 2.11. The van der Waals surface area contributed by atoms with Crippen LogP contribution < -0.4 is 10.6 Å². The van der Waals surface area contributed by atoms with Gasteiger partial charge in [-0.1, -0.05) is 6.92 Å². The molecule has 0 bridgehead atoms. The molecule has 118 valence electrons. The lowest BCUT2D eigenvalue weighted by Crippen LogP contribution is -2.40. The highest BCUT2D eigenvalue weighted by atomic mass is 19.4. The van der Waals surface area contributed by atoms with Gasteiger partial charge in [0.1, 0.15) is 5.82 Å². The third-order valence-corrected chi connectivity index (χ3v) is 3.33. The van der Waals surface area contributed by atoms with Crippen molar-refractivity contribution in [2.75, 3.05) is 24.3 Å². The maximum atomic E-state index is 12.9. The quantitative estimate of drug-likeness (QED) is 0.846. The van der Waals surface area contributed by atoms with E-state index in [0.717, 1.165) is 25.3 Å². The lowest BCUT2D eigenvalue weighted by molar-refractivity contribution is -0.141. The third kappa shape index (κ3) is 4.20. The molecule has 1 aliphatic rings. The normalized spacial score (nSPS) is 21.8. The molecule has 0 atom stereocenters. The minimum atomic E-state index is -4.49. The van der Waals surface area contributed by atoms with Gasteiger partial charge >= 0.3 is 6.18 Å². The number of halogens is 3. The van der Waals surface area contributed by atoms with Gasteiger partial charge < -0.3 is 15.4 Å². The molecule has 0 radical (unpaired) electrons. The monoisotopic (exact) mass is 304 g/mol. The number of rotatable bonds is 6. The number of nitrogens with one attached hydrogen (secondary N) is 2. The number of nitrogens with zero attached hydrogens (tertiary/aromatic N) is 2. The van der Waals surface area contributed by atoms with E-state index in [1.165, 1.54) is 0 Å². The van der Waals surface area contributed by atoms with Crippen LogP contribution in [-0.4, -0.2) is 35.8 Å². The molecule has 1 fully saturated rings. The molecular weight excluding hydrogens is 285 g/mol. The number of anilines is 2. The summed E-state index contributed by atoms with van der Waals surface area (Å²) in [4.78, 5) is 7.60. The molecule has 1 aromatic heterocycles. The predicted octanol–water partition coefficient (Wildman–Crippen LogP) is 2.91. The molecule has 0 saturated heterocycles. The Morgan fingerprint density at radius 1 is 1.33 bits per heavy atom. The molecule has 0 aliphatic heterocycles. The van der Waals surface area contributed by atoms with Crippen molar-refractivity contribution in [1.29, 1.82) is 0 Å². The summed E-state index contributed by atoms with van der Waals surface area (Å²) in [6.07, 6.45) is -2.01. The first-order valence-corrected chi connectivity index (χ1v) is 6.92. The largest absolute Gasteiger partial charge is 0.433 e. The van der Waals surface area contributed by atoms with Crippen LogP contribution in [-0.2, 0) is 10.9 Å². The third-order valence-electron chi connectivity index (χ3n) is 3.33. The van der Waals surface area contributed by atoms with Gasteiger partial charge in [0.2, 0.25) is 5.95 Å². The summed E-state index contributed by atoms with van der Waals surface area (Å²) < 4.78 is 43.7. The Morgan fingerprint density at radius 3 is 2.62 bits per heavy atom. The van der Waals surface area contributed by atoms with Gasteiger partial charge in [-0.15, -0.1) is 0 Å². The summed E-state index contributed by atoms with van der Waals surface area (Å²) in [5, 5.41) is 5.79. The maximum absolute atomic E-state index is 12.9. The predicted molar refractivity (Wildman–Crippen MR) is 73.3 cm³/mol. The van der Waals surface area contributed by atoms with Crippen LogP contribution in [0.2, 0.25) is 0 Å². The first kappa shape index (κ1) is 15.8. The fourth-order valence-corrected chi connectivity index (χ4v) is 2.07. The zero-order valence-electron chi connectivity index (χ0n) is 12.0. The second-order valence-corrected chi connectivity index (χ2v) is 5.06. The number of hydrogen-bond donors (Lipinski definition) is 2. The van der Waals surface area contributed by atoms with Crippen LogP contribution in [0.5, 0.6) is 0 Å². The zero-order chi connectivity index (χ0) is 15.5. The van der Waals surface area contributed by atoms with Crippen LogP contribution in [0.4, 0.5) is 24.9 Å². The summed E-state index contributed by atoms with van der Waals surface area (Å²) in [5.74, 6) is 0.187. The van der Waals surface area contributed by atoms with Crippen molar-refractivity contribution >= 4 is 11.8 Å². The van der Waals surface area contributed by atoms with Crippen molar-refractivity contribution in [2.24, 2.45) is 0 Å². The van der Waals surface area contributed by atoms with Crippen LogP contribution in [0.15, 0.2) is 6.07 Å². The molecule has 1 aliphatic carbocycles. The van der Waals surface area contributed by atoms with E-state index in [9.17, 15) is 13.2 Å². The highest BCUT2D eigenvalue weighted by Crippen LogP contribution is 2.31. The number of methoxy groups -OCH3 is 1. The van der Waals surface area contributed by atoms with Crippen molar-refractivity contribution in [2.45, 2.75) is 44.5 Å². The molecule has 2 rings (SSSR count). The number of alkyl halides is 3. The van der Waals surface area contributed by atoms with Gasteiger partial charge in [0.25, 0.3) is 0 Å². The summed E-state index contributed by atoms with van der Waals surface area (Å²) in [6, 6.07) is 1.03. The molecule has 0 amide bonds. The number of ether oxygens (including phenoxy) is 1. The van der Waals surface area contributed by atoms with E-state index in [2.05, 4.69) is 20.6 Å². The van der Waals surface area contributed by atoms with E-state index in [1.807, 2.05) is 6.92 Å². The van der Waals surface area contributed by atoms with Crippen LogP contribution in [0.3, 0.4) is 0 Å². The highest BCUT2D eigenvalue weighted by molar-refractivity contribution is 5.44. The number of hydrogen-bond acceptors (Lipinski definition) is 5. The van der Waals surface area contributed by atoms with Gasteiger partial charge in [-0.05, 0) is 19.3 Å². The summed E-state index contributed by atoms with van der Waals surface area (Å²) in [7, 11) is 1.63. The van der Waals surface area contributed by atoms with Gasteiger partial charge in [0.05, 0.1) is 6.10 Å². The summed E-state index contributed by atoms with van der Waals surface area (Å²) in [5.41, 5.74) is -0.943. The van der Waals surface area contributed by atoms with E-state index < -0.39 is 11.9 Å². The molecule has 0 unspecified atom stereocenters. The van der Waals surface area contributed by atoms with Crippen molar-refractivity contribution in [3.63, 3.8) is 0 Å². The van der Waals surface area contributed by atoms with Gasteiger partial charge in [-0.2, -0.15) is 18.2 Å². The molecule has 21 heavy (non-hydrogen) atoms. The lowest BCUT2D eigenvalue weighted by atomic mass is 9.89. The Labute approximate surface area is 121 Å². The van der Waals surface area contributed by atoms with Crippen molar-refractivity contribution in [1.82, 2.24) is 9.97 Å². The van der Waals surface area contributed by atoms with E-state index in [4.69, 9.17) is 4.74 Å². The SMILES string of the molecule is CCCNc1nc(NC2CC(OC)C2)cc(C(F)(F)F)n1. The van der Waals surface area contributed by atoms with E-state index in [0.29, 0.717) is 6.54 Å². The molecular formula is C13H19F3N4O. The first-order chi connectivity index (χ1) is 9.92. The topological polar surface area (TPSA) is 59.1 Å². The Hall–Kier alpha value is -1.57. The van der Waals surface area contributed by atoms with Crippen LogP contribution >= 0.6 is 0 Å². The van der Waals surface area contributed by atoms with E-state index in [-0.39, 0.29) is 23.9 Å². The van der Waals surface area contributed by atoms with Crippen molar-refractivity contribution < 1.29 is 17.9 Å². The maximum Gasteiger partial charge on any atom is 0.433 e. The standard InChI is InChI=1S/C13H19F3N4O/c1-3-4-17-12-19-10(13(14,15)16)7-11(20-12)18-8-5-9(6-8)21-2/h7-9H,3-6H2,1-2H3,(H2,17,18,19,20). The van der Waals surface area contributed by atoms with Gasteiger partial charge in [0.15, 0.2) is 5.69 Å². The zero-order valence-corrected chi connectivity index (χ0v) is 12.0. The summed E-state index contributed by atoms with van der Waals surface area (Å²) in [6.45, 7) is 2.44. The van der Waals surface area contributed by atoms with Gasteiger partial charge in [-0.25, -0.2) is 4.98 Å². The molecule has 0 aromatic carbocycles. The van der Waals surface area contributed by atoms with Gasteiger partial charge in [-0.3, -0.25) is 0 Å². The first-order valence-electron chi connectivity index (χ1n) is 6.92. The van der Waals surface area contributed by atoms with E-state index >= 15 is 0 Å². The minimum absolute atomic E-state index is 0.00297. The summed E-state index contributed by atoms with van der Waals surface area (Å²) >= 11 is 0. The van der Waals surface area contributed by atoms with Crippen LogP contribution in [0.1, 0.15) is 31.9 Å². The lowest BCUT2D eigenvalue weighted by Gasteiger charge is -2.35. The van der Waals surface area contributed by atoms with Crippen LogP contribution in [0, 0.1) is 0 Å². The van der Waals surface area contributed by atoms with E-state index in [1.54, 1.807) is 7.11 Å². The fraction of sp³-hybridized carbons (Fsp3) is 0.692. The van der Waals surface area contributed by atoms with Crippen molar-refractivity contribution in [3.8, 4) is 0 Å². The highest BCUT2D eigenvalue weighted by Gasteiger charge is 2.35. The smallest absolute Gasteiger partial charge is 0.381 e. The minimum Gasteiger partial charge on any atom is -0.381 e. The second-order valence-electron chi connectivity index (χ2n) is 5.06. The molecule has 0 spiro atoms. The fourth-order valence-electron chi connectivity index (χ4n) is 2.07.